The lowest BCUT2D eigenvalue weighted by Gasteiger charge is -2.14. The number of aliphatic hydroxyl groups excluding tert-OH is 1. The molecule has 0 unspecified atom stereocenters. The normalized spacial score (nSPS) is 20.2. The van der Waals surface area contributed by atoms with Crippen LogP contribution >= 0.6 is 0 Å². The van der Waals surface area contributed by atoms with E-state index in [1.165, 1.54) is 0 Å². The number of aliphatic hydroxyl groups is 1. The van der Waals surface area contributed by atoms with Gasteiger partial charge in [-0.15, -0.1) is 0 Å². The lowest BCUT2D eigenvalue weighted by atomic mass is 9.92. The summed E-state index contributed by atoms with van der Waals surface area (Å²) in [6.45, 7) is 6.52. The van der Waals surface area contributed by atoms with Gasteiger partial charge < -0.3 is 20.2 Å². The van der Waals surface area contributed by atoms with Crippen LogP contribution < -0.4 is 10.6 Å². The molecule has 3 N–H and O–H groups in total. The van der Waals surface area contributed by atoms with E-state index in [1.54, 1.807) is 6.07 Å². The molecule has 1 aliphatic carbocycles. The summed E-state index contributed by atoms with van der Waals surface area (Å²) in [6, 6.07) is 5.11. The molecule has 1 aromatic carbocycles. The zero-order valence-corrected chi connectivity index (χ0v) is 14.9. The molecule has 1 aromatic heterocycles. The number of carbonyl (C=O) groups excluding carboxylic acids is 1. The maximum atomic E-state index is 12.1. The molecule has 0 spiro atoms. The number of carbonyl (C=O) groups is 1. The largest absolute Gasteiger partial charge is 0.441 e. The van der Waals surface area contributed by atoms with Crippen molar-refractivity contribution in [2.75, 3.05) is 11.9 Å². The zero-order chi connectivity index (χ0) is 18.0. The van der Waals surface area contributed by atoms with Crippen LogP contribution in [0.2, 0.25) is 0 Å². The molecule has 0 saturated carbocycles. The number of nitrogens with one attached hydrogen (secondary N) is 2. The van der Waals surface area contributed by atoms with Gasteiger partial charge in [0, 0.05) is 30.7 Å². The van der Waals surface area contributed by atoms with Gasteiger partial charge in [0.25, 0.3) is 0 Å². The minimum atomic E-state index is -0.272. The highest BCUT2D eigenvalue weighted by Gasteiger charge is 2.20. The van der Waals surface area contributed by atoms with Crippen molar-refractivity contribution in [2.45, 2.75) is 39.7 Å². The second kappa shape index (κ2) is 6.88. The van der Waals surface area contributed by atoms with Crippen LogP contribution in [0.15, 0.2) is 34.8 Å². The van der Waals surface area contributed by atoms with Gasteiger partial charge in [-0.2, -0.15) is 0 Å². The van der Waals surface area contributed by atoms with Gasteiger partial charge in [0.2, 0.25) is 0 Å². The number of amides is 2. The van der Waals surface area contributed by atoms with Crippen molar-refractivity contribution in [3.8, 4) is 0 Å². The molecule has 0 bridgehead atoms. The third-order valence-corrected chi connectivity index (χ3v) is 4.09. The van der Waals surface area contributed by atoms with Gasteiger partial charge in [0.1, 0.15) is 5.52 Å². The van der Waals surface area contributed by atoms with Gasteiger partial charge in [-0.1, -0.05) is 32.9 Å². The Kier molecular flexibility index (Phi) is 4.81. The van der Waals surface area contributed by atoms with Crippen LogP contribution in [-0.2, 0) is 6.42 Å². The molecule has 0 aliphatic heterocycles. The summed E-state index contributed by atoms with van der Waals surface area (Å²) < 4.78 is 5.76. The number of rotatable bonds is 4. The highest BCUT2D eigenvalue weighted by atomic mass is 16.3. The first-order valence-corrected chi connectivity index (χ1v) is 8.58. The third-order valence-electron chi connectivity index (χ3n) is 4.09. The van der Waals surface area contributed by atoms with E-state index in [1.807, 2.05) is 24.3 Å². The number of fused-ring (bicyclic) bond motifs is 1. The number of urea groups is 1. The standard InChI is InChI=1S/C19H25N3O3/c1-19(2,3)10-17-22-15-9-14(6-7-16(15)25-17)21-18(24)20-13-5-4-12(8-13)11-23/h4-7,9,12-13,23H,8,10-11H2,1-3H3,(H2,20,21,24)/t12-,13+/m0/s1. The van der Waals surface area contributed by atoms with Crippen molar-refractivity contribution in [1.82, 2.24) is 10.3 Å². The first-order chi connectivity index (χ1) is 11.8. The summed E-state index contributed by atoms with van der Waals surface area (Å²) in [5, 5.41) is 14.8. The molecule has 6 nitrogen and oxygen atoms in total. The fraction of sp³-hybridized carbons (Fsp3) is 0.474. The van der Waals surface area contributed by atoms with Gasteiger partial charge in [0.15, 0.2) is 11.5 Å². The van der Waals surface area contributed by atoms with E-state index in [-0.39, 0.29) is 30.0 Å². The molecule has 2 atom stereocenters. The molecule has 1 heterocycles. The van der Waals surface area contributed by atoms with Gasteiger partial charge in [0.05, 0.1) is 0 Å². The van der Waals surface area contributed by atoms with Crippen LogP contribution in [0, 0.1) is 11.3 Å². The molecule has 2 amide bonds. The summed E-state index contributed by atoms with van der Waals surface area (Å²) in [5.74, 6) is 0.827. The molecule has 3 rings (SSSR count). The average molecular weight is 343 g/mol. The Hall–Kier alpha value is -2.34. The SMILES string of the molecule is CC(C)(C)Cc1nc2cc(NC(=O)N[C@@H]3C=C[C@H](CO)C3)ccc2o1. The number of nitrogens with zero attached hydrogens (tertiary/aromatic N) is 1. The second-order valence-electron chi connectivity index (χ2n) is 7.80. The Balaban J connectivity index is 1.63. The minimum absolute atomic E-state index is 0.0497. The molecule has 134 valence electrons. The quantitative estimate of drug-likeness (QED) is 0.742. The first-order valence-electron chi connectivity index (χ1n) is 8.58. The van der Waals surface area contributed by atoms with E-state index < -0.39 is 0 Å². The summed E-state index contributed by atoms with van der Waals surface area (Å²) in [6.07, 6.45) is 5.33. The van der Waals surface area contributed by atoms with Gasteiger partial charge in [-0.25, -0.2) is 9.78 Å². The minimum Gasteiger partial charge on any atom is -0.441 e. The van der Waals surface area contributed by atoms with Gasteiger partial charge in [-0.05, 0) is 30.0 Å². The van der Waals surface area contributed by atoms with Crippen molar-refractivity contribution < 1.29 is 14.3 Å². The molecule has 2 aromatic rings. The number of benzene rings is 1. The van der Waals surface area contributed by atoms with E-state index in [0.29, 0.717) is 11.6 Å². The third kappa shape index (κ3) is 4.60. The van der Waals surface area contributed by atoms with Crippen molar-refractivity contribution in [2.24, 2.45) is 11.3 Å². The van der Waals surface area contributed by atoms with Crippen LogP contribution in [0.1, 0.15) is 33.1 Å². The fourth-order valence-corrected chi connectivity index (χ4v) is 2.93. The highest BCUT2D eigenvalue weighted by Crippen LogP contribution is 2.25. The predicted molar refractivity (Wildman–Crippen MR) is 97.4 cm³/mol. The first kappa shape index (κ1) is 17.5. The predicted octanol–water partition coefficient (Wildman–Crippen LogP) is 3.47. The van der Waals surface area contributed by atoms with Crippen molar-refractivity contribution >= 4 is 22.8 Å². The number of anilines is 1. The Morgan fingerprint density at radius 1 is 1.36 bits per heavy atom. The molecule has 0 fully saturated rings. The summed E-state index contributed by atoms with van der Waals surface area (Å²) in [5.41, 5.74) is 2.22. The average Bonchev–Trinajstić information content (AvgIpc) is 3.10. The Labute approximate surface area is 147 Å². The number of hydrogen-bond donors (Lipinski definition) is 3. The monoisotopic (exact) mass is 343 g/mol. The molecule has 1 aliphatic rings. The van der Waals surface area contributed by atoms with E-state index in [0.717, 1.165) is 23.9 Å². The summed E-state index contributed by atoms with van der Waals surface area (Å²) in [4.78, 5) is 16.6. The second-order valence-corrected chi connectivity index (χ2v) is 7.80. The summed E-state index contributed by atoms with van der Waals surface area (Å²) >= 11 is 0. The molecular formula is C19H25N3O3. The van der Waals surface area contributed by atoms with E-state index in [2.05, 4.69) is 36.4 Å². The maximum Gasteiger partial charge on any atom is 0.319 e. The van der Waals surface area contributed by atoms with E-state index >= 15 is 0 Å². The van der Waals surface area contributed by atoms with Crippen molar-refractivity contribution in [1.29, 1.82) is 0 Å². The molecule has 0 saturated heterocycles. The van der Waals surface area contributed by atoms with E-state index in [9.17, 15) is 4.79 Å². The molecule has 6 heteroatoms. The zero-order valence-electron chi connectivity index (χ0n) is 14.9. The van der Waals surface area contributed by atoms with Crippen molar-refractivity contribution in [3.63, 3.8) is 0 Å². The van der Waals surface area contributed by atoms with Crippen LogP contribution in [-0.4, -0.2) is 28.8 Å². The number of oxazole rings is 1. The highest BCUT2D eigenvalue weighted by molar-refractivity contribution is 5.91. The van der Waals surface area contributed by atoms with Crippen LogP contribution in [0.3, 0.4) is 0 Å². The van der Waals surface area contributed by atoms with Gasteiger partial charge in [-0.3, -0.25) is 0 Å². The fourth-order valence-electron chi connectivity index (χ4n) is 2.93. The molecule has 0 radical (unpaired) electrons. The number of hydrogen-bond acceptors (Lipinski definition) is 4. The van der Waals surface area contributed by atoms with Crippen LogP contribution in [0.4, 0.5) is 10.5 Å². The van der Waals surface area contributed by atoms with Gasteiger partial charge >= 0.3 is 6.03 Å². The molecule has 25 heavy (non-hydrogen) atoms. The Morgan fingerprint density at radius 3 is 2.84 bits per heavy atom. The van der Waals surface area contributed by atoms with Crippen LogP contribution in [0.5, 0.6) is 0 Å². The maximum absolute atomic E-state index is 12.1. The van der Waals surface area contributed by atoms with Crippen molar-refractivity contribution in [3.05, 3.63) is 36.2 Å². The van der Waals surface area contributed by atoms with E-state index in [4.69, 9.17) is 9.52 Å². The van der Waals surface area contributed by atoms with Crippen LogP contribution in [0.25, 0.3) is 11.1 Å². The number of aromatic nitrogens is 1. The molecular weight excluding hydrogens is 318 g/mol. The smallest absolute Gasteiger partial charge is 0.319 e. The lowest BCUT2D eigenvalue weighted by Crippen LogP contribution is -2.36. The topological polar surface area (TPSA) is 87.4 Å². The summed E-state index contributed by atoms with van der Waals surface area (Å²) in [7, 11) is 0. The lowest BCUT2D eigenvalue weighted by molar-refractivity contribution is 0.238. The Bertz CT molecular complexity index is 789. The Morgan fingerprint density at radius 2 is 2.16 bits per heavy atom.